The summed E-state index contributed by atoms with van der Waals surface area (Å²) < 4.78 is 1.77. The average molecular weight is 417 g/mol. The molecule has 0 spiro atoms. The van der Waals surface area contributed by atoms with Crippen molar-refractivity contribution in [3.05, 3.63) is 83.3 Å². The van der Waals surface area contributed by atoms with E-state index in [-0.39, 0.29) is 5.91 Å². The highest BCUT2D eigenvalue weighted by Gasteiger charge is 2.18. The molecule has 2 heterocycles. The van der Waals surface area contributed by atoms with Crippen LogP contribution in [-0.2, 0) is 6.42 Å². The Labute approximate surface area is 180 Å². The first-order chi connectivity index (χ1) is 14.6. The van der Waals surface area contributed by atoms with Crippen molar-refractivity contribution >= 4 is 23.3 Å². The molecule has 0 aliphatic carbocycles. The van der Waals surface area contributed by atoms with Crippen LogP contribution in [0.25, 0.3) is 16.8 Å². The molecule has 0 bridgehead atoms. The molecule has 30 heavy (non-hydrogen) atoms. The highest BCUT2D eigenvalue weighted by Crippen LogP contribution is 2.27. The molecule has 1 N–H and O–H groups in total. The highest BCUT2D eigenvalue weighted by atomic mass is 32.2. The third kappa shape index (κ3) is 3.96. The van der Waals surface area contributed by atoms with Gasteiger partial charge in [0.05, 0.1) is 17.0 Å². The second kappa shape index (κ2) is 8.71. The van der Waals surface area contributed by atoms with Crippen LogP contribution in [0.2, 0.25) is 0 Å². The van der Waals surface area contributed by atoms with Crippen LogP contribution >= 0.6 is 11.8 Å². The third-order valence-electron chi connectivity index (χ3n) is 5.22. The molecule has 1 amide bonds. The molecule has 0 aliphatic rings. The maximum Gasteiger partial charge on any atom is 0.254 e. The van der Waals surface area contributed by atoms with Crippen LogP contribution in [0.15, 0.2) is 65.7 Å². The van der Waals surface area contributed by atoms with E-state index in [2.05, 4.69) is 45.9 Å². The summed E-state index contributed by atoms with van der Waals surface area (Å²) in [7, 11) is 0. The van der Waals surface area contributed by atoms with Crippen LogP contribution in [0.1, 0.15) is 27.3 Å². The average Bonchev–Trinajstić information content (AvgIpc) is 3.12. The maximum atomic E-state index is 12.8. The Hall–Kier alpha value is -3.12. The minimum atomic E-state index is -0.128. The molecule has 152 valence electrons. The van der Waals surface area contributed by atoms with E-state index >= 15 is 0 Å². The Bertz CT molecular complexity index is 1180. The van der Waals surface area contributed by atoms with Crippen molar-refractivity contribution in [3.8, 4) is 11.1 Å². The number of amides is 1. The molecule has 0 saturated heterocycles. The molecule has 2 aromatic heterocycles. The van der Waals surface area contributed by atoms with Crippen LogP contribution in [0.5, 0.6) is 0 Å². The summed E-state index contributed by atoms with van der Waals surface area (Å²) in [6, 6.07) is 18.5. The molecule has 0 fully saturated rings. The van der Waals surface area contributed by atoms with Crippen LogP contribution in [-0.4, -0.2) is 33.3 Å². The molecule has 0 saturated carbocycles. The van der Waals surface area contributed by atoms with Gasteiger partial charge in [0.15, 0.2) is 5.65 Å². The number of aromatic nitrogens is 3. The lowest BCUT2D eigenvalue weighted by Gasteiger charge is -2.09. The minimum absolute atomic E-state index is 0.128. The molecular formula is C24H24N4OS. The fourth-order valence-electron chi connectivity index (χ4n) is 3.57. The summed E-state index contributed by atoms with van der Waals surface area (Å²) in [6.45, 7) is 4.45. The van der Waals surface area contributed by atoms with Crippen LogP contribution in [0, 0.1) is 13.8 Å². The number of hydrogen-bond donors (Lipinski definition) is 1. The number of carbonyl (C=O) groups excluding carboxylic acids is 1. The van der Waals surface area contributed by atoms with E-state index in [9.17, 15) is 4.79 Å². The Balaban J connectivity index is 1.52. The molecule has 0 atom stereocenters. The Morgan fingerprint density at radius 3 is 2.50 bits per heavy atom. The Morgan fingerprint density at radius 1 is 1.07 bits per heavy atom. The van der Waals surface area contributed by atoms with Crippen molar-refractivity contribution < 1.29 is 4.79 Å². The van der Waals surface area contributed by atoms with Gasteiger partial charge in [-0.05, 0) is 49.8 Å². The van der Waals surface area contributed by atoms with Crippen LogP contribution < -0.4 is 5.32 Å². The summed E-state index contributed by atoms with van der Waals surface area (Å²) in [5.41, 5.74) is 6.26. The van der Waals surface area contributed by atoms with Crippen molar-refractivity contribution in [1.29, 1.82) is 0 Å². The van der Waals surface area contributed by atoms with Crippen molar-refractivity contribution in [3.63, 3.8) is 0 Å². The summed E-state index contributed by atoms with van der Waals surface area (Å²) in [6.07, 6.45) is 4.50. The molecule has 4 rings (SSSR count). The number of carbonyl (C=O) groups is 1. The fourth-order valence-corrected chi connectivity index (χ4v) is 3.98. The Morgan fingerprint density at radius 2 is 1.80 bits per heavy atom. The molecule has 5 nitrogen and oxygen atoms in total. The molecule has 2 aromatic carbocycles. The van der Waals surface area contributed by atoms with Gasteiger partial charge in [0.25, 0.3) is 5.91 Å². The van der Waals surface area contributed by atoms with E-state index in [1.807, 2.05) is 44.2 Å². The number of nitrogens with one attached hydrogen (secondary N) is 1. The van der Waals surface area contributed by atoms with E-state index in [4.69, 9.17) is 0 Å². The number of nitrogens with zero attached hydrogens (tertiary/aromatic N) is 3. The van der Waals surface area contributed by atoms with Crippen molar-refractivity contribution in [2.45, 2.75) is 25.2 Å². The summed E-state index contributed by atoms with van der Waals surface area (Å²) in [5.74, 6) is -0.128. The predicted molar refractivity (Wildman–Crippen MR) is 122 cm³/mol. The van der Waals surface area contributed by atoms with Gasteiger partial charge in [-0.2, -0.15) is 5.10 Å². The van der Waals surface area contributed by atoms with Crippen molar-refractivity contribution in [2.24, 2.45) is 0 Å². The van der Waals surface area contributed by atoms with Gasteiger partial charge in [-0.15, -0.1) is 11.8 Å². The number of benzene rings is 2. The van der Waals surface area contributed by atoms with Gasteiger partial charge in [0.1, 0.15) is 0 Å². The van der Waals surface area contributed by atoms with Gasteiger partial charge in [-0.1, -0.05) is 42.5 Å². The normalized spacial score (nSPS) is 11.0. The van der Waals surface area contributed by atoms with Gasteiger partial charge in [-0.3, -0.25) is 4.79 Å². The van der Waals surface area contributed by atoms with E-state index in [1.165, 1.54) is 10.5 Å². The molecule has 6 heteroatoms. The monoisotopic (exact) mass is 416 g/mol. The topological polar surface area (TPSA) is 59.3 Å². The summed E-state index contributed by atoms with van der Waals surface area (Å²) in [5, 5.41) is 7.66. The maximum absolute atomic E-state index is 12.8. The van der Waals surface area contributed by atoms with E-state index in [0.717, 1.165) is 34.6 Å². The zero-order valence-corrected chi connectivity index (χ0v) is 18.2. The molecule has 0 radical (unpaired) electrons. The number of thioether (sulfide) groups is 1. The van der Waals surface area contributed by atoms with Crippen molar-refractivity contribution in [2.75, 3.05) is 12.8 Å². The van der Waals surface area contributed by atoms with E-state index in [1.54, 1.807) is 22.5 Å². The molecular weight excluding hydrogens is 392 g/mol. The quantitative estimate of drug-likeness (QED) is 0.463. The predicted octanol–water partition coefficient (Wildman–Crippen LogP) is 4.71. The van der Waals surface area contributed by atoms with Gasteiger partial charge >= 0.3 is 0 Å². The van der Waals surface area contributed by atoms with E-state index in [0.29, 0.717) is 12.1 Å². The fraction of sp³-hybridized carbons (Fsp3) is 0.208. The van der Waals surface area contributed by atoms with Crippen molar-refractivity contribution in [1.82, 2.24) is 19.9 Å². The second-order valence-corrected chi connectivity index (χ2v) is 8.05. The third-order valence-corrected chi connectivity index (χ3v) is 5.97. The lowest BCUT2D eigenvalue weighted by atomic mass is 10.1. The highest BCUT2D eigenvalue weighted by molar-refractivity contribution is 7.98. The van der Waals surface area contributed by atoms with Crippen LogP contribution in [0.3, 0.4) is 0 Å². The number of hydrogen-bond acceptors (Lipinski definition) is 4. The molecule has 0 unspecified atom stereocenters. The number of aryl methyl sites for hydroxylation is 2. The van der Waals surface area contributed by atoms with Gasteiger partial charge in [0.2, 0.25) is 0 Å². The smallest absolute Gasteiger partial charge is 0.254 e. The molecule has 4 aromatic rings. The first-order valence-corrected chi connectivity index (χ1v) is 11.1. The zero-order valence-electron chi connectivity index (χ0n) is 17.3. The number of rotatable bonds is 6. The minimum Gasteiger partial charge on any atom is -0.352 e. The standard InChI is InChI=1S/C24H24N4OS/c1-16-22(19-7-5-4-6-8-19)23-26-15-21(17(2)28(23)27-16)24(29)25-14-13-18-9-11-20(30-3)12-10-18/h4-12,15H,13-14H2,1-3H3,(H,25,29). The lowest BCUT2D eigenvalue weighted by Crippen LogP contribution is -2.27. The van der Waals surface area contributed by atoms with E-state index < -0.39 is 0 Å². The van der Waals surface area contributed by atoms with Crippen LogP contribution in [0.4, 0.5) is 0 Å². The Kier molecular flexibility index (Phi) is 5.86. The SMILES string of the molecule is CSc1ccc(CCNC(=O)c2cnc3c(-c4ccccc4)c(C)nn3c2C)cc1. The zero-order chi connectivity index (χ0) is 21.1. The summed E-state index contributed by atoms with van der Waals surface area (Å²) in [4.78, 5) is 18.6. The largest absolute Gasteiger partial charge is 0.352 e. The summed E-state index contributed by atoms with van der Waals surface area (Å²) >= 11 is 1.72. The first-order valence-electron chi connectivity index (χ1n) is 9.90. The van der Waals surface area contributed by atoms with Gasteiger partial charge in [0, 0.05) is 23.2 Å². The molecule has 0 aliphatic heterocycles. The lowest BCUT2D eigenvalue weighted by molar-refractivity contribution is 0.0952. The van der Waals surface area contributed by atoms with Gasteiger partial charge < -0.3 is 5.32 Å². The second-order valence-electron chi connectivity index (χ2n) is 7.17. The van der Waals surface area contributed by atoms with Gasteiger partial charge in [-0.25, -0.2) is 9.50 Å². The first kappa shape index (κ1) is 20.2. The number of fused-ring (bicyclic) bond motifs is 1.